The molecule has 1 amide bonds. The first-order chi connectivity index (χ1) is 16.9. The third-order valence-electron chi connectivity index (χ3n) is 5.40. The molecule has 0 aliphatic rings. The van der Waals surface area contributed by atoms with Crippen molar-refractivity contribution in [1.82, 2.24) is 4.98 Å². The summed E-state index contributed by atoms with van der Waals surface area (Å²) in [5, 5.41) is 21.5. The minimum absolute atomic E-state index is 0.0000962. The molecule has 3 aromatic carbocycles. The second kappa shape index (κ2) is 9.77. The van der Waals surface area contributed by atoms with Gasteiger partial charge in [-0.1, -0.05) is 36.4 Å². The van der Waals surface area contributed by atoms with E-state index in [4.69, 9.17) is 4.74 Å². The minimum atomic E-state index is -1.19. The molecule has 8 nitrogen and oxygen atoms in total. The van der Waals surface area contributed by atoms with E-state index in [0.29, 0.717) is 33.8 Å². The smallest absolute Gasteiger partial charge is 0.336 e. The van der Waals surface area contributed by atoms with Gasteiger partial charge in [-0.15, -0.1) is 0 Å². The molecule has 0 unspecified atom stereocenters. The Morgan fingerprint density at radius 3 is 2.17 bits per heavy atom. The number of ether oxygens (including phenoxy) is 1. The molecule has 0 saturated heterocycles. The molecule has 4 rings (SSSR count). The Labute approximate surface area is 200 Å². The summed E-state index contributed by atoms with van der Waals surface area (Å²) in [7, 11) is 1.55. The van der Waals surface area contributed by atoms with Crippen LogP contribution in [0.2, 0.25) is 0 Å². The Kier molecular flexibility index (Phi) is 6.42. The zero-order chi connectivity index (χ0) is 24.9. The van der Waals surface area contributed by atoms with Crippen molar-refractivity contribution in [1.29, 1.82) is 5.26 Å². The first-order valence-electron chi connectivity index (χ1n) is 10.5. The van der Waals surface area contributed by atoms with Gasteiger partial charge in [-0.3, -0.25) is 9.59 Å². The Bertz CT molecular complexity index is 1510. The van der Waals surface area contributed by atoms with Gasteiger partial charge in [0.05, 0.1) is 18.2 Å². The van der Waals surface area contributed by atoms with Gasteiger partial charge in [-0.25, -0.2) is 4.79 Å². The van der Waals surface area contributed by atoms with Crippen LogP contribution in [0.15, 0.2) is 83.7 Å². The Morgan fingerprint density at radius 2 is 1.57 bits per heavy atom. The molecule has 0 radical (unpaired) electrons. The van der Waals surface area contributed by atoms with Gasteiger partial charge in [0.15, 0.2) is 0 Å². The van der Waals surface area contributed by atoms with Crippen LogP contribution in [0.3, 0.4) is 0 Å². The summed E-state index contributed by atoms with van der Waals surface area (Å²) in [4.78, 5) is 39.3. The number of methoxy groups -OCH3 is 1. The molecule has 0 aliphatic carbocycles. The van der Waals surface area contributed by atoms with Gasteiger partial charge in [0.2, 0.25) is 0 Å². The quantitative estimate of drug-likeness (QED) is 0.383. The fourth-order valence-electron chi connectivity index (χ4n) is 3.62. The van der Waals surface area contributed by atoms with Crippen molar-refractivity contribution in [3.05, 3.63) is 106 Å². The highest BCUT2D eigenvalue weighted by Crippen LogP contribution is 2.28. The number of aromatic amines is 1. The predicted octanol–water partition coefficient (Wildman–Crippen LogP) is 4.54. The fraction of sp³-hybridized carbons (Fsp3) is 0.0370. The number of amides is 1. The number of aromatic nitrogens is 1. The minimum Gasteiger partial charge on any atom is -0.497 e. The third-order valence-corrected chi connectivity index (χ3v) is 5.40. The number of nitrogens with zero attached hydrogens (tertiary/aromatic N) is 1. The number of carbonyl (C=O) groups is 2. The number of carbonyl (C=O) groups excluding carboxylic acids is 1. The average molecular weight is 465 g/mol. The molecule has 35 heavy (non-hydrogen) atoms. The van der Waals surface area contributed by atoms with Crippen LogP contribution in [-0.2, 0) is 0 Å². The summed E-state index contributed by atoms with van der Waals surface area (Å²) in [5.41, 5.74) is 2.21. The average Bonchev–Trinajstić information content (AvgIpc) is 2.88. The molecule has 1 aromatic heterocycles. The maximum absolute atomic E-state index is 12.6. The Hall–Kier alpha value is -5.16. The molecule has 0 bridgehead atoms. The molecular formula is C27H19N3O5. The van der Waals surface area contributed by atoms with Crippen molar-refractivity contribution >= 4 is 17.6 Å². The summed E-state index contributed by atoms with van der Waals surface area (Å²) >= 11 is 0. The van der Waals surface area contributed by atoms with Crippen molar-refractivity contribution in [2.75, 3.05) is 12.4 Å². The second-order valence-corrected chi connectivity index (χ2v) is 7.52. The lowest BCUT2D eigenvalue weighted by Gasteiger charge is -2.10. The number of nitriles is 1. The number of pyridine rings is 1. The SMILES string of the molecule is COc1ccc(-c2cc(-c3ccc(NC(=O)c4ccccc4C(=O)O)cc3)[nH]c(=O)c2C#N)cc1. The van der Waals surface area contributed by atoms with Gasteiger partial charge in [0, 0.05) is 16.9 Å². The van der Waals surface area contributed by atoms with Crippen LogP contribution in [0, 0.1) is 11.3 Å². The molecule has 3 N–H and O–H groups in total. The van der Waals surface area contributed by atoms with Crippen LogP contribution < -0.4 is 15.6 Å². The number of nitrogens with one attached hydrogen (secondary N) is 2. The van der Waals surface area contributed by atoms with E-state index >= 15 is 0 Å². The molecule has 4 aromatic rings. The van der Waals surface area contributed by atoms with Crippen molar-refractivity contribution in [3.8, 4) is 34.2 Å². The van der Waals surface area contributed by atoms with Crippen molar-refractivity contribution < 1.29 is 19.4 Å². The molecular weight excluding hydrogens is 446 g/mol. The van der Waals surface area contributed by atoms with Gasteiger partial charge >= 0.3 is 5.97 Å². The van der Waals surface area contributed by atoms with Crippen molar-refractivity contribution in [3.63, 3.8) is 0 Å². The number of hydrogen-bond donors (Lipinski definition) is 3. The van der Waals surface area contributed by atoms with E-state index in [1.165, 1.54) is 12.1 Å². The number of hydrogen-bond acceptors (Lipinski definition) is 5. The molecule has 0 atom stereocenters. The zero-order valence-corrected chi connectivity index (χ0v) is 18.5. The van der Waals surface area contributed by atoms with Gasteiger partial charge in [0.25, 0.3) is 11.5 Å². The zero-order valence-electron chi connectivity index (χ0n) is 18.5. The summed E-state index contributed by atoms with van der Waals surface area (Å²) < 4.78 is 5.17. The molecule has 0 saturated carbocycles. The third kappa shape index (κ3) is 4.79. The highest BCUT2D eigenvalue weighted by atomic mass is 16.5. The summed E-state index contributed by atoms with van der Waals surface area (Å²) in [6.07, 6.45) is 0. The van der Waals surface area contributed by atoms with Crippen LogP contribution in [-0.4, -0.2) is 29.1 Å². The number of anilines is 1. The van der Waals surface area contributed by atoms with Crippen LogP contribution in [0.25, 0.3) is 22.4 Å². The monoisotopic (exact) mass is 465 g/mol. The van der Waals surface area contributed by atoms with Crippen LogP contribution in [0.4, 0.5) is 5.69 Å². The lowest BCUT2D eigenvalue weighted by Crippen LogP contribution is -2.16. The van der Waals surface area contributed by atoms with E-state index in [1.807, 2.05) is 6.07 Å². The van der Waals surface area contributed by atoms with Gasteiger partial charge in [-0.05, 0) is 53.6 Å². The van der Waals surface area contributed by atoms with E-state index in [-0.39, 0.29) is 16.7 Å². The number of aromatic carboxylic acids is 1. The molecule has 0 aliphatic heterocycles. The summed E-state index contributed by atoms with van der Waals surface area (Å²) in [6.45, 7) is 0. The van der Waals surface area contributed by atoms with E-state index < -0.39 is 17.4 Å². The van der Waals surface area contributed by atoms with Gasteiger partial charge in [-0.2, -0.15) is 5.26 Å². The fourth-order valence-corrected chi connectivity index (χ4v) is 3.62. The number of benzene rings is 3. The summed E-state index contributed by atoms with van der Waals surface area (Å²) in [5.74, 6) is -1.09. The summed E-state index contributed by atoms with van der Waals surface area (Å²) in [6, 6.07) is 23.3. The first-order valence-corrected chi connectivity index (χ1v) is 10.5. The lowest BCUT2D eigenvalue weighted by molar-refractivity contribution is 0.0692. The first kappa shape index (κ1) is 23.0. The van der Waals surface area contributed by atoms with E-state index in [2.05, 4.69) is 10.3 Å². The molecule has 0 spiro atoms. The maximum Gasteiger partial charge on any atom is 0.336 e. The van der Waals surface area contributed by atoms with Crippen molar-refractivity contribution in [2.45, 2.75) is 0 Å². The maximum atomic E-state index is 12.6. The van der Waals surface area contributed by atoms with Gasteiger partial charge < -0.3 is 20.1 Å². The molecule has 1 heterocycles. The molecule has 8 heteroatoms. The number of carboxylic acid groups (broad SMARTS) is 1. The number of rotatable bonds is 6. The Morgan fingerprint density at radius 1 is 0.943 bits per heavy atom. The highest BCUT2D eigenvalue weighted by Gasteiger charge is 2.16. The number of H-pyrrole nitrogens is 1. The van der Waals surface area contributed by atoms with Gasteiger partial charge in [0.1, 0.15) is 17.4 Å². The topological polar surface area (TPSA) is 132 Å². The van der Waals surface area contributed by atoms with E-state index in [0.717, 1.165) is 0 Å². The number of carboxylic acids is 1. The molecule has 172 valence electrons. The second-order valence-electron chi connectivity index (χ2n) is 7.52. The van der Waals surface area contributed by atoms with Crippen molar-refractivity contribution in [2.24, 2.45) is 0 Å². The van der Waals surface area contributed by atoms with Crippen LogP contribution in [0.1, 0.15) is 26.3 Å². The predicted molar refractivity (Wildman–Crippen MR) is 131 cm³/mol. The highest BCUT2D eigenvalue weighted by molar-refractivity contribution is 6.10. The standard InChI is InChI=1S/C27H19N3O5/c1-35-19-12-8-16(9-13-19)22-14-24(30-26(32)23(22)15-28)17-6-10-18(11-7-17)29-25(31)20-4-2-3-5-21(20)27(33)34/h2-14H,1H3,(H,29,31)(H,30,32)(H,33,34). The largest absolute Gasteiger partial charge is 0.497 e. The molecule has 0 fully saturated rings. The van der Waals surface area contributed by atoms with Crippen LogP contribution in [0.5, 0.6) is 5.75 Å². The lowest BCUT2D eigenvalue weighted by atomic mass is 9.99. The van der Waals surface area contributed by atoms with E-state index in [9.17, 15) is 24.8 Å². The Balaban J connectivity index is 1.64. The normalized spacial score (nSPS) is 10.3. The van der Waals surface area contributed by atoms with Crippen LogP contribution >= 0.6 is 0 Å². The van der Waals surface area contributed by atoms with E-state index in [1.54, 1.807) is 73.8 Å².